The van der Waals surface area contributed by atoms with Crippen LogP contribution in [0.15, 0.2) is 35.0 Å². The van der Waals surface area contributed by atoms with Crippen molar-refractivity contribution in [3.63, 3.8) is 0 Å². The van der Waals surface area contributed by atoms with Crippen molar-refractivity contribution in [2.24, 2.45) is 5.92 Å². The average Bonchev–Trinajstić information content (AvgIpc) is 3.27. The molecule has 4 rings (SSSR count). The molecular formula is C21H27N2S2+. The first-order valence-electron chi connectivity index (χ1n) is 9.39. The van der Waals surface area contributed by atoms with E-state index in [1.54, 1.807) is 22.7 Å². The Morgan fingerprint density at radius 3 is 2.08 bits per heavy atom. The summed E-state index contributed by atoms with van der Waals surface area (Å²) in [6.45, 7) is 0. The Balaban J connectivity index is 1.66. The quantitative estimate of drug-likeness (QED) is 0.659. The maximum atomic E-state index is 10.3. The van der Waals surface area contributed by atoms with Crippen LogP contribution in [0.2, 0.25) is 0 Å². The fourth-order valence-electron chi connectivity index (χ4n) is 5.32. The molecule has 2 bridgehead atoms. The summed E-state index contributed by atoms with van der Waals surface area (Å²) >= 11 is 3.49. The first-order valence-corrected chi connectivity index (χ1v) is 11.1. The number of hydrogen-bond acceptors (Lipinski definition) is 3. The van der Waals surface area contributed by atoms with Crippen LogP contribution in [-0.2, 0) is 5.41 Å². The Kier molecular flexibility index (Phi) is 4.52. The SMILES string of the molecule is C[N+]1(C)[C@@H]2CCC[C@H]1CC(CC(C#N)(c1cccs1)c1cccs1)C2. The molecule has 0 radical (unpaired) electrons. The lowest BCUT2D eigenvalue weighted by Gasteiger charge is -2.54. The highest BCUT2D eigenvalue weighted by Gasteiger charge is 2.49. The summed E-state index contributed by atoms with van der Waals surface area (Å²) in [5.74, 6) is 0.658. The van der Waals surface area contributed by atoms with Gasteiger partial charge in [0.25, 0.3) is 0 Å². The second-order valence-electron chi connectivity index (χ2n) is 8.38. The van der Waals surface area contributed by atoms with Crippen LogP contribution in [-0.4, -0.2) is 30.7 Å². The van der Waals surface area contributed by atoms with Gasteiger partial charge in [0.1, 0.15) is 5.41 Å². The number of piperidine rings is 2. The highest BCUT2D eigenvalue weighted by Crippen LogP contribution is 2.48. The van der Waals surface area contributed by atoms with Gasteiger partial charge in [-0.15, -0.1) is 22.7 Å². The van der Waals surface area contributed by atoms with E-state index in [-0.39, 0.29) is 0 Å². The Labute approximate surface area is 159 Å². The third-order valence-corrected chi connectivity index (χ3v) is 8.90. The molecule has 0 spiro atoms. The van der Waals surface area contributed by atoms with E-state index in [2.05, 4.69) is 55.2 Å². The third kappa shape index (κ3) is 2.87. The molecule has 2 aliphatic heterocycles. The van der Waals surface area contributed by atoms with Crippen LogP contribution < -0.4 is 0 Å². The van der Waals surface area contributed by atoms with Crippen molar-refractivity contribution in [3.8, 4) is 6.07 Å². The Bertz CT molecular complexity index is 689. The lowest BCUT2D eigenvalue weighted by Crippen LogP contribution is -2.62. The van der Waals surface area contributed by atoms with Crippen LogP contribution in [0, 0.1) is 17.2 Å². The van der Waals surface area contributed by atoms with Crippen molar-refractivity contribution >= 4 is 22.7 Å². The molecule has 0 N–H and O–H groups in total. The Morgan fingerprint density at radius 1 is 1.08 bits per heavy atom. The summed E-state index contributed by atoms with van der Waals surface area (Å²) in [5, 5.41) is 14.5. The first-order chi connectivity index (χ1) is 12.1. The van der Waals surface area contributed by atoms with Crippen molar-refractivity contribution in [2.45, 2.75) is 56.0 Å². The third-order valence-electron chi connectivity index (χ3n) is 6.84. The van der Waals surface area contributed by atoms with Crippen molar-refractivity contribution in [3.05, 3.63) is 44.8 Å². The maximum absolute atomic E-state index is 10.3. The molecule has 0 amide bonds. The van der Waals surface area contributed by atoms with Gasteiger partial charge in [-0.25, -0.2) is 0 Å². The van der Waals surface area contributed by atoms with Gasteiger partial charge in [0.15, 0.2) is 0 Å². The van der Waals surface area contributed by atoms with Gasteiger partial charge in [0.2, 0.25) is 0 Å². The van der Waals surface area contributed by atoms with E-state index < -0.39 is 5.41 Å². The van der Waals surface area contributed by atoms with Crippen LogP contribution in [0.5, 0.6) is 0 Å². The molecule has 25 heavy (non-hydrogen) atoms. The van der Waals surface area contributed by atoms with Crippen LogP contribution in [0.25, 0.3) is 0 Å². The number of quaternary nitrogens is 1. The van der Waals surface area contributed by atoms with Crippen LogP contribution >= 0.6 is 22.7 Å². The van der Waals surface area contributed by atoms with Crippen LogP contribution in [0.3, 0.4) is 0 Å². The summed E-state index contributed by atoms with van der Waals surface area (Å²) < 4.78 is 1.20. The predicted octanol–water partition coefficient (Wildman–Crippen LogP) is 5.42. The van der Waals surface area contributed by atoms with Crippen LogP contribution in [0.4, 0.5) is 0 Å². The van der Waals surface area contributed by atoms with Gasteiger partial charge in [-0.3, -0.25) is 0 Å². The molecule has 2 nitrogen and oxygen atoms in total. The number of thiophene rings is 2. The average molecular weight is 372 g/mol. The molecule has 2 fully saturated rings. The van der Waals surface area contributed by atoms with Gasteiger partial charge < -0.3 is 4.48 Å². The second-order valence-corrected chi connectivity index (χ2v) is 10.3. The largest absolute Gasteiger partial charge is 0.324 e. The molecule has 0 saturated carbocycles. The van der Waals surface area contributed by atoms with Gasteiger partial charge >= 0.3 is 0 Å². The molecule has 4 heterocycles. The van der Waals surface area contributed by atoms with Gasteiger partial charge in [-0.1, -0.05) is 12.1 Å². The summed E-state index contributed by atoms with van der Waals surface area (Å²) in [7, 11) is 4.86. The lowest BCUT2D eigenvalue weighted by molar-refractivity contribution is -0.950. The summed E-state index contributed by atoms with van der Waals surface area (Å²) in [6.07, 6.45) is 7.66. The Hall–Kier alpha value is -1.15. The fourth-order valence-corrected chi connectivity index (χ4v) is 7.19. The normalized spacial score (nSPS) is 28.4. The standard InChI is InChI=1S/C21H27N2S2/c1-23(2)17-6-3-7-18(23)13-16(12-17)14-21(15-22,19-8-4-10-24-19)20-9-5-11-25-20/h4-5,8-11,16-18H,3,6-7,12-14H2,1-2H3/q+1/t16?,17-,18+. The lowest BCUT2D eigenvalue weighted by atomic mass is 9.69. The van der Waals surface area contributed by atoms with Crippen molar-refractivity contribution < 1.29 is 4.48 Å². The topological polar surface area (TPSA) is 23.8 Å². The number of nitriles is 1. The second kappa shape index (κ2) is 6.54. The predicted molar refractivity (Wildman–Crippen MR) is 106 cm³/mol. The van der Waals surface area contributed by atoms with Gasteiger partial charge in [0.05, 0.1) is 32.2 Å². The smallest absolute Gasteiger partial charge is 0.126 e. The molecule has 132 valence electrons. The highest BCUT2D eigenvalue weighted by molar-refractivity contribution is 7.11. The van der Waals surface area contributed by atoms with Crippen LogP contribution in [0.1, 0.15) is 48.3 Å². The Morgan fingerprint density at radius 2 is 1.64 bits per heavy atom. The number of hydrogen-bond donors (Lipinski definition) is 0. The van der Waals surface area contributed by atoms with Gasteiger partial charge in [0, 0.05) is 22.6 Å². The molecule has 2 saturated heterocycles. The van der Waals surface area contributed by atoms with E-state index >= 15 is 0 Å². The van der Waals surface area contributed by atoms with E-state index in [0.717, 1.165) is 18.5 Å². The number of fused-ring (bicyclic) bond motifs is 2. The molecule has 2 aromatic rings. The summed E-state index contributed by atoms with van der Waals surface area (Å²) in [4.78, 5) is 2.45. The molecule has 2 aliphatic rings. The van der Waals surface area contributed by atoms with Crippen molar-refractivity contribution in [2.75, 3.05) is 14.1 Å². The van der Waals surface area contributed by atoms with E-state index in [1.165, 1.54) is 46.3 Å². The molecule has 4 heteroatoms. The first kappa shape index (κ1) is 17.3. The summed E-state index contributed by atoms with van der Waals surface area (Å²) in [5.41, 5.74) is -0.449. The van der Waals surface area contributed by atoms with Gasteiger partial charge in [-0.2, -0.15) is 5.26 Å². The maximum Gasteiger partial charge on any atom is 0.126 e. The van der Waals surface area contributed by atoms with E-state index in [1.807, 2.05) is 0 Å². The molecular weight excluding hydrogens is 344 g/mol. The zero-order chi connectivity index (χ0) is 17.5. The number of nitrogens with zero attached hydrogens (tertiary/aromatic N) is 2. The zero-order valence-electron chi connectivity index (χ0n) is 15.1. The number of rotatable bonds is 4. The molecule has 1 unspecified atom stereocenters. The van der Waals surface area contributed by atoms with E-state index in [9.17, 15) is 5.26 Å². The van der Waals surface area contributed by atoms with E-state index in [4.69, 9.17) is 0 Å². The fraction of sp³-hybridized carbons (Fsp3) is 0.571. The molecule has 2 aromatic heterocycles. The molecule has 3 atom stereocenters. The molecule has 0 aromatic carbocycles. The minimum Gasteiger partial charge on any atom is -0.324 e. The monoisotopic (exact) mass is 371 g/mol. The summed E-state index contributed by atoms with van der Waals surface area (Å²) in [6, 6.07) is 12.8. The zero-order valence-corrected chi connectivity index (χ0v) is 16.8. The van der Waals surface area contributed by atoms with Crippen molar-refractivity contribution in [1.29, 1.82) is 5.26 Å². The van der Waals surface area contributed by atoms with Gasteiger partial charge in [-0.05, 0) is 54.5 Å². The minimum absolute atomic E-state index is 0.449. The van der Waals surface area contributed by atoms with Crippen molar-refractivity contribution in [1.82, 2.24) is 0 Å². The highest BCUT2D eigenvalue weighted by atomic mass is 32.1. The minimum atomic E-state index is -0.449. The van der Waals surface area contributed by atoms with E-state index in [0.29, 0.717) is 5.92 Å². The molecule has 0 aliphatic carbocycles.